The standard InChI is InChI=1S/C9H10N2/c1-7-2-3-8-5-10-6-11-9(8)4-7/h2,4-6,8H,3H2,1H3. The monoisotopic (exact) mass is 146 g/mol. The molecule has 0 bridgehead atoms. The Morgan fingerprint density at radius 3 is 3.36 bits per heavy atom. The van der Waals surface area contributed by atoms with E-state index in [4.69, 9.17) is 0 Å². The molecule has 0 N–H and O–H groups in total. The Morgan fingerprint density at radius 1 is 1.55 bits per heavy atom. The molecule has 0 aromatic heterocycles. The van der Waals surface area contributed by atoms with Crippen molar-refractivity contribution in [3.8, 4) is 0 Å². The van der Waals surface area contributed by atoms with E-state index in [2.05, 4.69) is 29.1 Å². The highest BCUT2D eigenvalue weighted by molar-refractivity contribution is 5.80. The number of aliphatic imine (C=N–C) groups is 2. The minimum atomic E-state index is 0.434. The molecule has 2 nitrogen and oxygen atoms in total. The van der Waals surface area contributed by atoms with Gasteiger partial charge >= 0.3 is 0 Å². The topological polar surface area (TPSA) is 24.7 Å². The molecule has 0 saturated carbocycles. The molecule has 1 heterocycles. The second kappa shape index (κ2) is 2.46. The quantitative estimate of drug-likeness (QED) is 0.499. The van der Waals surface area contributed by atoms with Crippen LogP contribution in [-0.4, -0.2) is 12.6 Å². The molecule has 1 atom stereocenters. The summed E-state index contributed by atoms with van der Waals surface area (Å²) in [6.07, 6.45) is 8.97. The van der Waals surface area contributed by atoms with E-state index in [0.717, 1.165) is 12.1 Å². The van der Waals surface area contributed by atoms with Gasteiger partial charge in [-0.25, -0.2) is 9.98 Å². The average molecular weight is 146 g/mol. The van der Waals surface area contributed by atoms with Gasteiger partial charge in [-0.1, -0.05) is 11.6 Å². The van der Waals surface area contributed by atoms with Gasteiger partial charge in [-0.3, -0.25) is 0 Å². The lowest BCUT2D eigenvalue weighted by Gasteiger charge is -2.17. The van der Waals surface area contributed by atoms with Crippen molar-refractivity contribution >= 4 is 12.6 Å². The molecule has 0 spiro atoms. The summed E-state index contributed by atoms with van der Waals surface area (Å²) < 4.78 is 0. The zero-order chi connectivity index (χ0) is 7.68. The van der Waals surface area contributed by atoms with Crippen LogP contribution in [0, 0.1) is 5.92 Å². The van der Waals surface area contributed by atoms with Gasteiger partial charge in [-0.05, 0) is 19.4 Å². The summed E-state index contributed by atoms with van der Waals surface area (Å²) in [6.45, 7) is 2.10. The maximum Gasteiger partial charge on any atom is 0.115 e. The first kappa shape index (κ1) is 6.53. The third-order valence-electron chi connectivity index (χ3n) is 1.99. The zero-order valence-electron chi connectivity index (χ0n) is 6.49. The first-order valence-corrected chi connectivity index (χ1v) is 3.80. The fourth-order valence-electron chi connectivity index (χ4n) is 1.35. The SMILES string of the molecule is CC1=CCC2C=NC=NC2=C1. The highest BCUT2D eigenvalue weighted by Crippen LogP contribution is 2.24. The van der Waals surface area contributed by atoms with Crippen LogP contribution in [0.4, 0.5) is 0 Å². The van der Waals surface area contributed by atoms with Crippen molar-refractivity contribution in [1.82, 2.24) is 0 Å². The number of allylic oxidation sites excluding steroid dienone is 4. The maximum absolute atomic E-state index is 4.20. The van der Waals surface area contributed by atoms with Crippen LogP contribution in [0.1, 0.15) is 13.3 Å². The molecule has 2 heteroatoms. The van der Waals surface area contributed by atoms with Crippen LogP contribution in [0.3, 0.4) is 0 Å². The largest absolute Gasteiger partial charge is 0.249 e. The van der Waals surface area contributed by atoms with Gasteiger partial charge in [0.25, 0.3) is 0 Å². The molecule has 0 saturated heterocycles. The molecule has 1 aliphatic heterocycles. The zero-order valence-corrected chi connectivity index (χ0v) is 6.49. The summed E-state index contributed by atoms with van der Waals surface area (Å²) in [5, 5.41) is 0. The van der Waals surface area contributed by atoms with Crippen molar-refractivity contribution in [2.45, 2.75) is 13.3 Å². The van der Waals surface area contributed by atoms with Gasteiger partial charge in [0.15, 0.2) is 0 Å². The molecule has 1 aliphatic carbocycles. The smallest absolute Gasteiger partial charge is 0.115 e. The van der Waals surface area contributed by atoms with Crippen molar-refractivity contribution in [2.24, 2.45) is 15.9 Å². The van der Waals surface area contributed by atoms with E-state index in [1.807, 2.05) is 6.21 Å². The Hall–Kier alpha value is -1.18. The van der Waals surface area contributed by atoms with Gasteiger partial charge in [0, 0.05) is 12.1 Å². The van der Waals surface area contributed by atoms with Crippen molar-refractivity contribution in [3.63, 3.8) is 0 Å². The molecule has 0 amide bonds. The second-order valence-electron chi connectivity index (χ2n) is 2.90. The summed E-state index contributed by atoms with van der Waals surface area (Å²) in [4.78, 5) is 8.20. The first-order chi connectivity index (χ1) is 5.36. The lowest BCUT2D eigenvalue weighted by molar-refractivity contribution is 0.798. The molecule has 0 radical (unpaired) electrons. The lowest BCUT2D eigenvalue weighted by atomic mass is 9.94. The number of nitrogens with zero attached hydrogens (tertiary/aromatic N) is 2. The second-order valence-corrected chi connectivity index (χ2v) is 2.90. The maximum atomic E-state index is 4.20. The van der Waals surface area contributed by atoms with Gasteiger partial charge in [-0.2, -0.15) is 0 Å². The van der Waals surface area contributed by atoms with Gasteiger partial charge in [-0.15, -0.1) is 0 Å². The molecular formula is C9H10N2. The third kappa shape index (κ3) is 1.16. The van der Waals surface area contributed by atoms with Crippen LogP contribution in [0.25, 0.3) is 0 Å². The van der Waals surface area contributed by atoms with E-state index in [-0.39, 0.29) is 0 Å². The summed E-state index contributed by atoms with van der Waals surface area (Å²) >= 11 is 0. The Bertz CT molecular complexity index is 282. The van der Waals surface area contributed by atoms with Crippen LogP contribution < -0.4 is 0 Å². The number of rotatable bonds is 0. The predicted molar refractivity (Wildman–Crippen MR) is 46.9 cm³/mol. The Morgan fingerprint density at radius 2 is 2.45 bits per heavy atom. The molecular weight excluding hydrogens is 136 g/mol. The minimum absolute atomic E-state index is 0.434. The van der Waals surface area contributed by atoms with E-state index >= 15 is 0 Å². The predicted octanol–water partition coefficient (Wildman–Crippen LogP) is 1.95. The molecule has 56 valence electrons. The molecule has 1 unspecified atom stereocenters. The van der Waals surface area contributed by atoms with E-state index in [0.29, 0.717) is 5.92 Å². The van der Waals surface area contributed by atoms with Crippen LogP contribution in [-0.2, 0) is 0 Å². The number of fused-ring (bicyclic) bond motifs is 1. The highest BCUT2D eigenvalue weighted by Gasteiger charge is 2.15. The van der Waals surface area contributed by atoms with E-state index < -0.39 is 0 Å². The summed E-state index contributed by atoms with van der Waals surface area (Å²) in [5.74, 6) is 0.434. The molecule has 0 aromatic carbocycles. The number of hydrogen-bond donors (Lipinski definition) is 0. The summed E-state index contributed by atoms with van der Waals surface area (Å²) in [5.41, 5.74) is 2.46. The van der Waals surface area contributed by atoms with Crippen molar-refractivity contribution in [1.29, 1.82) is 0 Å². The fourth-order valence-corrected chi connectivity index (χ4v) is 1.35. The third-order valence-corrected chi connectivity index (χ3v) is 1.99. The minimum Gasteiger partial charge on any atom is -0.249 e. The Kier molecular flexibility index (Phi) is 1.46. The number of hydrogen-bond acceptors (Lipinski definition) is 2. The van der Waals surface area contributed by atoms with Crippen LogP contribution in [0.15, 0.2) is 33.4 Å². The first-order valence-electron chi connectivity index (χ1n) is 3.80. The van der Waals surface area contributed by atoms with Crippen LogP contribution in [0.2, 0.25) is 0 Å². The Labute approximate surface area is 66.1 Å². The van der Waals surface area contributed by atoms with Crippen molar-refractivity contribution in [2.75, 3.05) is 0 Å². The van der Waals surface area contributed by atoms with Crippen molar-refractivity contribution < 1.29 is 0 Å². The molecule has 0 aromatic rings. The molecule has 11 heavy (non-hydrogen) atoms. The highest BCUT2D eigenvalue weighted by atomic mass is 14.9. The summed E-state index contributed by atoms with van der Waals surface area (Å²) in [6, 6.07) is 0. The van der Waals surface area contributed by atoms with Gasteiger partial charge < -0.3 is 0 Å². The van der Waals surface area contributed by atoms with E-state index in [9.17, 15) is 0 Å². The molecule has 2 aliphatic rings. The lowest BCUT2D eigenvalue weighted by Crippen LogP contribution is -2.10. The van der Waals surface area contributed by atoms with Gasteiger partial charge in [0.05, 0.1) is 5.70 Å². The normalized spacial score (nSPS) is 27.5. The fraction of sp³-hybridized carbons (Fsp3) is 0.333. The molecule has 2 rings (SSSR count). The van der Waals surface area contributed by atoms with Gasteiger partial charge in [0.1, 0.15) is 6.34 Å². The van der Waals surface area contributed by atoms with E-state index in [1.54, 1.807) is 6.34 Å². The van der Waals surface area contributed by atoms with Crippen molar-refractivity contribution in [3.05, 3.63) is 23.4 Å². The van der Waals surface area contributed by atoms with Crippen LogP contribution >= 0.6 is 0 Å². The van der Waals surface area contributed by atoms with Crippen LogP contribution in [0.5, 0.6) is 0 Å². The molecule has 0 fully saturated rings. The van der Waals surface area contributed by atoms with E-state index in [1.165, 1.54) is 5.57 Å². The summed E-state index contributed by atoms with van der Waals surface area (Å²) in [7, 11) is 0. The van der Waals surface area contributed by atoms with Gasteiger partial charge in [0.2, 0.25) is 0 Å². The Balaban J connectivity index is 2.33. The average Bonchev–Trinajstić information content (AvgIpc) is 2.04.